The van der Waals surface area contributed by atoms with Crippen molar-refractivity contribution in [2.45, 2.75) is 39.7 Å². The minimum atomic E-state index is -3.00. The Bertz CT molecular complexity index is 252. The number of nitrogens with one attached hydrogen (secondary N) is 1. The Morgan fingerprint density at radius 2 is 1.93 bits per heavy atom. The molecule has 0 bridgehead atoms. The summed E-state index contributed by atoms with van der Waals surface area (Å²) in [7, 11) is -1.36. The molecule has 0 spiro atoms. The number of rotatable bonds is 8. The van der Waals surface area contributed by atoms with Crippen LogP contribution in [-0.4, -0.2) is 44.7 Å². The smallest absolute Gasteiger partial charge is 0.213 e. The molecular weight excluding hydrogens is 212 g/mol. The van der Waals surface area contributed by atoms with Gasteiger partial charge in [-0.3, -0.25) is 0 Å². The van der Waals surface area contributed by atoms with Gasteiger partial charge >= 0.3 is 0 Å². The summed E-state index contributed by atoms with van der Waals surface area (Å²) in [5.41, 5.74) is 0. The molecule has 1 N–H and O–H groups in total. The molecular formula is C10H24N2O2S. The average Bonchev–Trinajstić information content (AvgIpc) is 2.23. The van der Waals surface area contributed by atoms with Gasteiger partial charge in [0.15, 0.2) is 0 Å². The van der Waals surface area contributed by atoms with Crippen LogP contribution in [0.5, 0.6) is 0 Å². The van der Waals surface area contributed by atoms with Gasteiger partial charge in [0.1, 0.15) is 0 Å². The Morgan fingerprint density at radius 3 is 2.40 bits per heavy atom. The third kappa shape index (κ3) is 6.12. The molecule has 0 radical (unpaired) electrons. The predicted molar refractivity (Wildman–Crippen MR) is 64.5 cm³/mol. The van der Waals surface area contributed by atoms with E-state index < -0.39 is 10.0 Å². The Morgan fingerprint density at radius 1 is 1.33 bits per heavy atom. The number of hydrogen-bond acceptors (Lipinski definition) is 3. The lowest BCUT2D eigenvalue weighted by Gasteiger charge is -2.17. The van der Waals surface area contributed by atoms with Crippen molar-refractivity contribution in [1.82, 2.24) is 9.62 Å². The van der Waals surface area contributed by atoms with E-state index in [0.29, 0.717) is 12.6 Å². The topological polar surface area (TPSA) is 49.4 Å². The van der Waals surface area contributed by atoms with Crippen LogP contribution in [0.4, 0.5) is 0 Å². The van der Waals surface area contributed by atoms with Crippen molar-refractivity contribution < 1.29 is 8.42 Å². The van der Waals surface area contributed by atoms with Crippen LogP contribution < -0.4 is 5.32 Å². The fourth-order valence-corrected chi connectivity index (χ4v) is 2.00. The Kier molecular flexibility index (Phi) is 7.13. The third-order valence-corrected chi connectivity index (χ3v) is 4.46. The molecule has 0 aromatic rings. The van der Waals surface area contributed by atoms with Crippen LogP contribution in [0.1, 0.15) is 33.6 Å². The van der Waals surface area contributed by atoms with Gasteiger partial charge < -0.3 is 5.32 Å². The molecule has 0 aliphatic carbocycles. The summed E-state index contributed by atoms with van der Waals surface area (Å²) in [4.78, 5) is 0. The van der Waals surface area contributed by atoms with E-state index in [9.17, 15) is 8.42 Å². The molecule has 0 amide bonds. The van der Waals surface area contributed by atoms with Gasteiger partial charge in [0.2, 0.25) is 10.0 Å². The summed E-state index contributed by atoms with van der Waals surface area (Å²) < 4.78 is 24.2. The normalized spacial score (nSPS) is 14.5. The molecule has 15 heavy (non-hydrogen) atoms. The van der Waals surface area contributed by atoms with E-state index in [1.54, 1.807) is 14.0 Å². The second kappa shape index (κ2) is 7.19. The molecule has 0 rings (SSSR count). The molecule has 4 nitrogen and oxygen atoms in total. The zero-order chi connectivity index (χ0) is 11.9. The molecule has 5 heteroatoms. The summed E-state index contributed by atoms with van der Waals surface area (Å²) in [6.07, 6.45) is 1.96. The van der Waals surface area contributed by atoms with E-state index >= 15 is 0 Å². The average molecular weight is 236 g/mol. The highest BCUT2D eigenvalue weighted by atomic mass is 32.2. The fraction of sp³-hybridized carbons (Fsp3) is 1.00. The van der Waals surface area contributed by atoms with Gasteiger partial charge in [-0.15, -0.1) is 0 Å². The maximum absolute atomic E-state index is 11.4. The minimum Gasteiger partial charge on any atom is -0.314 e. The molecule has 0 aliphatic rings. The monoisotopic (exact) mass is 236 g/mol. The lowest BCUT2D eigenvalue weighted by atomic mass is 10.2. The van der Waals surface area contributed by atoms with Crippen molar-refractivity contribution in [2.24, 2.45) is 0 Å². The maximum atomic E-state index is 11.4. The third-order valence-electron chi connectivity index (χ3n) is 2.59. The van der Waals surface area contributed by atoms with E-state index in [4.69, 9.17) is 0 Å². The van der Waals surface area contributed by atoms with Crippen LogP contribution in [0.25, 0.3) is 0 Å². The van der Waals surface area contributed by atoms with Crippen LogP contribution in [0, 0.1) is 0 Å². The lowest BCUT2D eigenvalue weighted by Crippen LogP contribution is -2.32. The van der Waals surface area contributed by atoms with E-state index in [2.05, 4.69) is 19.2 Å². The minimum absolute atomic E-state index is 0.183. The zero-order valence-electron chi connectivity index (χ0n) is 10.3. The summed E-state index contributed by atoms with van der Waals surface area (Å²) >= 11 is 0. The SMILES string of the molecule is CCC(C)NCCCN(C)S(=O)(=O)CC. The van der Waals surface area contributed by atoms with Crippen LogP contribution in [0.3, 0.4) is 0 Å². The van der Waals surface area contributed by atoms with Gasteiger partial charge in [-0.2, -0.15) is 0 Å². The molecule has 0 aromatic heterocycles. The highest BCUT2D eigenvalue weighted by molar-refractivity contribution is 7.89. The van der Waals surface area contributed by atoms with E-state index in [1.807, 2.05) is 0 Å². The summed E-state index contributed by atoms with van der Waals surface area (Å²) in [5.74, 6) is 0.183. The van der Waals surface area contributed by atoms with E-state index in [-0.39, 0.29) is 5.75 Å². The van der Waals surface area contributed by atoms with Gasteiger partial charge in [-0.25, -0.2) is 12.7 Å². The first-order valence-corrected chi connectivity index (χ1v) is 7.22. The Hall–Kier alpha value is -0.130. The van der Waals surface area contributed by atoms with Gasteiger partial charge in [0.05, 0.1) is 5.75 Å². The van der Waals surface area contributed by atoms with Crippen molar-refractivity contribution in [1.29, 1.82) is 0 Å². The molecule has 92 valence electrons. The number of hydrogen-bond donors (Lipinski definition) is 1. The van der Waals surface area contributed by atoms with Gasteiger partial charge in [0, 0.05) is 19.6 Å². The van der Waals surface area contributed by atoms with Gasteiger partial charge in [0.25, 0.3) is 0 Å². The van der Waals surface area contributed by atoms with Crippen molar-refractivity contribution in [3.8, 4) is 0 Å². The first-order valence-electron chi connectivity index (χ1n) is 5.61. The number of nitrogens with zero attached hydrogens (tertiary/aromatic N) is 1. The maximum Gasteiger partial charge on any atom is 0.213 e. The highest BCUT2D eigenvalue weighted by Gasteiger charge is 2.13. The van der Waals surface area contributed by atoms with Gasteiger partial charge in [-0.05, 0) is 33.2 Å². The first-order chi connectivity index (χ1) is 6.94. The molecule has 0 heterocycles. The first kappa shape index (κ1) is 14.9. The summed E-state index contributed by atoms with van der Waals surface area (Å²) in [5, 5.41) is 3.34. The molecule has 1 unspecified atom stereocenters. The molecule has 0 aromatic carbocycles. The molecule has 0 saturated carbocycles. The van der Waals surface area contributed by atoms with Crippen molar-refractivity contribution in [3.05, 3.63) is 0 Å². The van der Waals surface area contributed by atoms with E-state index in [1.165, 1.54) is 4.31 Å². The molecule has 0 saturated heterocycles. The van der Waals surface area contributed by atoms with Crippen molar-refractivity contribution in [2.75, 3.05) is 25.9 Å². The molecule has 1 atom stereocenters. The van der Waals surface area contributed by atoms with Gasteiger partial charge in [-0.1, -0.05) is 6.92 Å². The second-order valence-corrected chi connectivity index (χ2v) is 6.20. The predicted octanol–water partition coefficient (Wildman–Crippen LogP) is 1.05. The largest absolute Gasteiger partial charge is 0.314 e. The summed E-state index contributed by atoms with van der Waals surface area (Å²) in [6.45, 7) is 7.40. The molecule has 0 aliphatic heterocycles. The van der Waals surface area contributed by atoms with Crippen molar-refractivity contribution in [3.63, 3.8) is 0 Å². The Labute approximate surface area is 94.1 Å². The second-order valence-electron chi connectivity index (χ2n) is 3.84. The van der Waals surface area contributed by atoms with Crippen LogP contribution in [0.15, 0.2) is 0 Å². The lowest BCUT2D eigenvalue weighted by molar-refractivity contribution is 0.442. The van der Waals surface area contributed by atoms with E-state index in [0.717, 1.165) is 19.4 Å². The summed E-state index contributed by atoms with van der Waals surface area (Å²) in [6, 6.07) is 0.512. The fourth-order valence-electron chi connectivity index (χ4n) is 1.15. The van der Waals surface area contributed by atoms with Crippen LogP contribution in [0.2, 0.25) is 0 Å². The molecule has 0 fully saturated rings. The zero-order valence-corrected chi connectivity index (χ0v) is 11.1. The standard InChI is InChI=1S/C10H24N2O2S/c1-5-10(3)11-8-7-9-12(4)15(13,14)6-2/h10-11H,5-9H2,1-4H3. The number of sulfonamides is 1. The van der Waals surface area contributed by atoms with Crippen LogP contribution >= 0.6 is 0 Å². The van der Waals surface area contributed by atoms with Crippen LogP contribution in [-0.2, 0) is 10.0 Å². The highest BCUT2D eigenvalue weighted by Crippen LogP contribution is 1.98. The quantitative estimate of drug-likeness (QED) is 0.641. The Balaban J connectivity index is 3.69. The van der Waals surface area contributed by atoms with Crippen molar-refractivity contribution >= 4 is 10.0 Å².